The first kappa shape index (κ1) is 25.2. The summed E-state index contributed by atoms with van der Waals surface area (Å²) in [5, 5.41) is 18.3. The second-order valence-corrected chi connectivity index (χ2v) is 8.65. The van der Waals surface area contributed by atoms with Gasteiger partial charge in [0.05, 0.1) is 5.56 Å². The number of carbonyl (C=O) groups is 2. The number of carboxylic acid groups (broad SMARTS) is 1. The van der Waals surface area contributed by atoms with E-state index in [1.807, 2.05) is 19.1 Å². The minimum Gasteiger partial charge on any atom is -0.480 e. The Bertz CT molecular complexity index is 1450. The Balaban J connectivity index is 1.40. The lowest BCUT2D eigenvalue weighted by molar-refractivity contribution is -0.137. The predicted octanol–water partition coefficient (Wildman–Crippen LogP) is 2.48. The minimum atomic E-state index is -1.17. The molecule has 4 aromatic rings. The van der Waals surface area contributed by atoms with Gasteiger partial charge in [0.2, 0.25) is 0 Å². The molecule has 2 aromatic carbocycles. The summed E-state index contributed by atoms with van der Waals surface area (Å²) in [5.74, 6) is -1.48. The van der Waals surface area contributed by atoms with Crippen LogP contribution in [0.2, 0.25) is 0 Å². The molecule has 188 valence electrons. The van der Waals surface area contributed by atoms with E-state index < -0.39 is 22.9 Å². The maximum absolute atomic E-state index is 12.3. The molecule has 1 amide bonds. The van der Waals surface area contributed by atoms with E-state index in [4.69, 9.17) is 0 Å². The van der Waals surface area contributed by atoms with Crippen molar-refractivity contribution in [2.75, 3.05) is 16.0 Å². The predicted molar refractivity (Wildman–Crippen MR) is 140 cm³/mol. The largest absolute Gasteiger partial charge is 0.480 e. The number of aromatic nitrogens is 2. The number of nitrogens with zero attached hydrogens (tertiary/aromatic N) is 2. The molecule has 2 aromatic heterocycles. The fraction of sp³-hybridized carbons (Fsp3) is 0.185. The number of aliphatic carboxylic acids is 1. The van der Waals surface area contributed by atoms with Crippen LogP contribution in [0.5, 0.6) is 0 Å². The number of carboxylic acids is 1. The Kier molecular flexibility index (Phi) is 7.68. The highest BCUT2D eigenvalue weighted by Crippen LogP contribution is 2.20. The second-order valence-electron chi connectivity index (χ2n) is 8.65. The van der Waals surface area contributed by atoms with Crippen molar-refractivity contribution in [3.8, 4) is 0 Å². The van der Waals surface area contributed by atoms with Gasteiger partial charge in [-0.25, -0.2) is 4.79 Å². The van der Waals surface area contributed by atoms with Crippen molar-refractivity contribution in [2.24, 2.45) is 0 Å². The summed E-state index contributed by atoms with van der Waals surface area (Å²) in [5.41, 5.74) is 1.25. The lowest BCUT2D eigenvalue weighted by atomic mass is 10.0. The summed E-state index contributed by atoms with van der Waals surface area (Å²) in [6, 6.07) is 12.4. The van der Waals surface area contributed by atoms with Crippen LogP contribution in [0.25, 0.3) is 0 Å². The quantitative estimate of drug-likeness (QED) is 0.228. The van der Waals surface area contributed by atoms with Crippen molar-refractivity contribution >= 4 is 28.9 Å². The van der Waals surface area contributed by atoms with Crippen LogP contribution in [0.3, 0.4) is 0 Å². The molecule has 0 spiro atoms. The van der Waals surface area contributed by atoms with E-state index in [0.717, 1.165) is 5.56 Å². The number of carbonyl (C=O) groups excluding carboxylic acids is 1. The molecule has 10 nitrogen and oxygen atoms in total. The number of nitrogens with one attached hydrogen (secondary N) is 3. The molecule has 4 rings (SSSR count). The third kappa shape index (κ3) is 6.23. The Morgan fingerprint density at radius 3 is 2.11 bits per heavy atom. The molecule has 0 bridgehead atoms. The lowest BCUT2D eigenvalue weighted by Crippen LogP contribution is -2.43. The molecule has 0 fully saturated rings. The summed E-state index contributed by atoms with van der Waals surface area (Å²) >= 11 is 0. The first-order valence-electron chi connectivity index (χ1n) is 11.6. The molecule has 0 saturated carbocycles. The van der Waals surface area contributed by atoms with Gasteiger partial charge in [-0.1, -0.05) is 12.1 Å². The van der Waals surface area contributed by atoms with Gasteiger partial charge in [0.25, 0.3) is 16.8 Å². The van der Waals surface area contributed by atoms with Gasteiger partial charge in [-0.15, -0.1) is 0 Å². The highest BCUT2D eigenvalue weighted by atomic mass is 16.4. The molecule has 0 aliphatic rings. The molecule has 0 aliphatic heterocycles. The smallest absolute Gasteiger partial charge is 0.326 e. The van der Waals surface area contributed by atoms with Gasteiger partial charge in [0, 0.05) is 42.9 Å². The number of anilines is 3. The molecule has 10 heteroatoms. The Labute approximate surface area is 212 Å². The van der Waals surface area contributed by atoms with E-state index in [9.17, 15) is 24.3 Å². The topological polar surface area (TPSA) is 150 Å². The van der Waals surface area contributed by atoms with E-state index >= 15 is 0 Å². The van der Waals surface area contributed by atoms with Crippen LogP contribution in [-0.4, -0.2) is 39.0 Å². The summed E-state index contributed by atoms with van der Waals surface area (Å²) in [4.78, 5) is 56.5. The van der Waals surface area contributed by atoms with Gasteiger partial charge in [-0.3, -0.25) is 24.4 Å². The van der Waals surface area contributed by atoms with E-state index in [2.05, 4.69) is 25.9 Å². The number of hydrogen-bond donors (Lipinski definition) is 4. The van der Waals surface area contributed by atoms with Crippen molar-refractivity contribution in [2.45, 2.75) is 31.8 Å². The highest BCUT2D eigenvalue weighted by molar-refractivity contribution is 6.04. The Morgan fingerprint density at radius 1 is 0.838 bits per heavy atom. The molecule has 37 heavy (non-hydrogen) atoms. The molecular formula is C27H25N5O5. The number of pyridine rings is 2. The average Bonchev–Trinajstić information content (AvgIpc) is 2.91. The monoisotopic (exact) mass is 499 g/mol. The van der Waals surface area contributed by atoms with Crippen LogP contribution >= 0.6 is 0 Å². The van der Waals surface area contributed by atoms with Crippen LogP contribution in [0.4, 0.5) is 17.1 Å². The molecule has 0 aliphatic carbocycles. The zero-order valence-corrected chi connectivity index (χ0v) is 20.0. The zero-order valence-electron chi connectivity index (χ0n) is 20.0. The second kappa shape index (κ2) is 11.3. The van der Waals surface area contributed by atoms with Crippen molar-refractivity contribution in [1.82, 2.24) is 9.97 Å². The lowest BCUT2D eigenvalue weighted by Gasteiger charge is -2.22. The van der Waals surface area contributed by atoms with E-state index in [1.54, 1.807) is 55.0 Å². The van der Waals surface area contributed by atoms with Crippen LogP contribution in [0, 0.1) is 0 Å². The summed E-state index contributed by atoms with van der Waals surface area (Å²) in [6.45, 7) is 1.87. The van der Waals surface area contributed by atoms with Crippen molar-refractivity contribution in [1.29, 1.82) is 0 Å². The molecule has 4 N–H and O–H groups in total. The SMILES string of the molecule is CC(Cc1ccncc1)Nc1c(N[C@@H](Cc2ccc(NC(=O)c3cccnc3)cc2)C(=O)O)c(=O)c1=O. The summed E-state index contributed by atoms with van der Waals surface area (Å²) < 4.78 is 0. The minimum absolute atomic E-state index is 0.0284. The van der Waals surface area contributed by atoms with E-state index in [-0.39, 0.29) is 29.7 Å². The fourth-order valence-electron chi connectivity index (χ4n) is 3.87. The van der Waals surface area contributed by atoms with Crippen molar-refractivity contribution < 1.29 is 14.7 Å². The first-order chi connectivity index (χ1) is 17.8. The maximum atomic E-state index is 12.3. The number of hydrogen-bond acceptors (Lipinski definition) is 8. The number of amides is 1. The third-order valence-corrected chi connectivity index (χ3v) is 5.78. The van der Waals surface area contributed by atoms with Gasteiger partial charge in [0.1, 0.15) is 17.4 Å². The van der Waals surface area contributed by atoms with Crippen LogP contribution in [-0.2, 0) is 17.6 Å². The van der Waals surface area contributed by atoms with E-state index in [1.165, 1.54) is 6.20 Å². The van der Waals surface area contributed by atoms with Gasteiger partial charge >= 0.3 is 5.97 Å². The zero-order chi connectivity index (χ0) is 26.4. The molecule has 0 radical (unpaired) electrons. The molecule has 0 saturated heterocycles. The van der Waals surface area contributed by atoms with Gasteiger partial charge in [-0.2, -0.15) is 0 Å². The molecule has 1 unspecified atom stereocenters. The van der Waals surface area contributed by atoms with Gasteiger partial charge < -0.3 is 21.1 Å². The standard InChI is InChI=1S/C27H25N5O5/c1-16(13-18-8-11-28-12-9-18)30-22-23(25(34)24(22)33)32-21(27(36)37)14-17-4-6-20(7-5-17)31-26(35)19-3-2-10-29-15-19/h2-12,15-16,21,30,32H,13-14H2,1H3,(H,31,35)(H,36,37)/t16?,21-/m0/s1. The van der Waals surface area contributed by atoms with Crippen LogP contribution in [0.15, 0.2) is 82.9 Å². The average molecular weight is 500 g/mol. The summed E-state index contributed by atoms with van der Waals surface area (Å²) in [6.07, 6.45) is 7.01. The normalized spacial score (nSPS) is 12.5. The third-order valence-electron chi connectivity index (χ3n) is 5.78. The Morgan fingerprint density at radius 2 is 1.49 bits per heavy atom. The number of benzene rings is 1. The molecular weight excluding hydrogens is 474 g/mol. The van der Waals surface area contributed by atoms with E-state index in [0.29, 0.717) is 23.2 Å². The molecule has 2 heterocycles. The first-order valence-corrected chi connectivity index (χ1v) is 11.6. The fourth-order valence-corrected chi connectivity index (χ4v) is 3.87. The van der Waals surface area contributed by atoms with Crippen molar-refractivity contribution in [3.05, 3.63) is 110 Å². The Hall–Kier alpha value is -4.86. The van der Waals surface area contributed by atoms with Crippen LogP contribution in [0.1, 0.15) is 28.4 Å². The van der Waals surface area contributed by atoms with Gasteiger partial charge in [-0.05, 0) is 60.9 Å². The van der Waals surface area contributed by atoms with Crippen molar-refractivity contribution in [3.63, 3.8) is 0 Å². The number of rotatable bonds is 11. The van der Waals surface area contributed by atoms with Crippen LogP contribution < -0.4 is 26.8 Å². The van der Waals surface area contributed by atoms with Gasteiger partial charge in [0.15, 0.2) is 0 Å². The summed E-state index contributed by atoms with van der Waals surface area (Å²) in [7, 11) is 0. The molecule has 2 atom stereocenters. The highest BCUT2D eigenvalue weighted by Gasteiger charge is 2.27. The maximum Gasteiger partial charge on any atom is 0.326 e.